The number of pyridine rings is 2. The first-order chi connectivity index (χ1) is 13.9. The van der Waals surface area contributed by atoms with Crippen molar-refractivity contribution in [2.75, 3.05) is 0 Å². The second-order valence-electron chi connectivity index (χ2n) is 6.47. The minimum atomic E-state index is -4.54. The third-order valence-electron chi connectivity index (χ3n) is 4.22. The fourth-order valence-corrected chi connectivity index (χ4v) is 3.21. The topological polar surface area (TPSA) is 25.8 Å². The Morgan fingerprint density at radius 1 is 0.667 bits per heavy atom. The van der Waals surface area contributed by atoms with E-state index in [9.17, 15) is 26.3 Å². The smallest absolute Gasteiger partial charge is 0.259 e. The van der Waals surface area contributed by atoms with Crippen LogP contribution in [-0.4, -0.2) is 9.97 Å². The van der Waals surface area contributed by atoms with Gasteiger partial charge in [0, 0.05) is 25.2 Å². The summed E-state index contributed by atoms with van der Waals surface area (Å²) in [7, 11) is 0. The van der Waals surface area contributed by atoms with Crippen LogP contribution in [0.25, 0.3) is 0 Å². The molecule has 0 radical (unpaired) electrons. The van der Waals surface area contributed by atoms with Crippen LogP contribution in [0, 0.1) is 0 Å². The van der Waals surface area contributed by atoms with E-state index in [-0.39, 0.29) is 34.3 Å². The maximum absolute atomic E-state index is 12.7. The van der Waals surface area contributed by atoms with Gasteiger partial charge in [0.1, 0.15) is 0 Å². The highest BCUT2D eigenvalue weighted by molar-refractivity contribution is 6.31. The van der Waals surface area contributed by atoms with Gasteiger partial charge in [0.2, 0.25) is 0 Å². The van der Waals surface area contributed by atoms with Crippen LogP contribution in [0.2, 0.25) is 10.0 Å². The van der Waals surface area contributed by atoms with Gasteiger partial charge in [-0.25, -0.2) is 0 Å². The van der Waals surface area contributed by atoms with Crippen LogP contribution < -0.4 is 0 Å². The fourth-order valence-electron chi connectivity index (χ4n) is 2.74. The Bertz CT molecular complexity index is 983. The summed E-state index contributed by atoms with van der Waals surface area (Å²) in [6, 6.07) is 8.56. The van der Waals surface area contributed by atoms with Gasteiger partial charge < -0.3 is 0 Å². The Kier molecular flexibility index (Phi) is 6.29. The van der Waals surface area contributed by atoms with E-state index in [2.05, 4.69) is 9.97 Å². The van der Waals surface area contributed by atoms with E-state index in [1.165, 1.54) is 0 Å². The zero-order valence-corrected chi connectivity index (χ0v) is 16.5. The highest BCUT2D eigenvalue weighted by Crippen LogP contribution is 2.33. The minimum absolute atomic E-state index is 0.109. The lowest BCUT2D eigenvalue weighted by Gasteiger charge is -2.11. The zero-order valence-electron chi connectivity index (χ0n) is 15.0. The molecule has 0 aliphatic carbocycles. The van der Waals surface area contributed by atoms with Crippen LogP contribution in [0.4, 0.5) is 26.3 Å². The Hall–Kier alpha value is -2.32. The molecular formula is C20H12Cl2F6N2. The van der Waals surface area contributed by atoms with Crippen molar-refractivity contribution in [1.29, 1.82) is 0 Å². The van der Waals surface area contributed by atoms with Crippen molar-refractivity contribution in [2.24, 2.45) is 0 Å². The molecule has 158 valence electrons. The normalized spacial score (nSPS) is 12.3. The van der Waals surface area contributed by atoms with Gasteiger partial charge in [0.15, 0.2) is 0 Å². The summed E-state index contributed by atoms with van der Waals surface area (Å²) in [5.41, 5.74) is 0.0930. The van der Waals surface area contributed by atoms with Crippen LogP contribution in [0.3, 0.4) is 0 Å². The second-order valence-corrected chi connectivity index (χ2v) is 7.29. The third-order valence-corrected chi connectivity index (χ3v) is 4.88. The van der Waals surface area contributed by atoms with Gasteiger partial charge in [0.25, 0.3) is 0 Å². The molecule has 0 atom stereocenters. The summed E-state index contributed by atoms with van der Waals surface area (Å²) in [6.45, 7) is 0. The average molecular weight is 465 g/mol. The molecule has 1 aromatic carbocycles. The minimum Gasteiger partial charge on any atom is -0.259 e. The summed E-state index contributed by atoms with van der Waals surface area (Å²) in [6.07, 6.45) is -7.28. The maximum Gasteiger partial charge on any atom is 0.417 e. The summed E-state index contributed by atoms with van der Waals surface area (Å²) in [5.74, 6) is 0. The molecule has 0 aliphatic rings. The number of hydrogen-bond donors (Lipinski definition) is 0. The standard InChI is InChI=1S/C20H12Cl2F6N2/c21-15-7-13(19(23,24)25)9-29-17(15)5-11-2-1-3-12(4-11)6-18-16(22)8-14(10-30-18)20(26,27)28/h1-4,7-10H,5-6H2. The van der Waals surface area contributed by atoms with Crippen molar-refractivity contribution in [3.63, 3.8) is 0 Å². The maximum atomic E-state index is 12.7. The Morgan fingerprint density at radius 2 is 1.07 bits per heavy atom. The number of hydrogen-bond acceptors (Lipinski definition) is 2. The molecule has 0 bridgehead atoms. The van der Waals surface area contributed by atoms with E-state index in [1.807, 2.05) is 0 Å². The lowest BCUT2D eigenvalue weighted by atomic mass is 10.0. The number of benzene rings is 1. The SMILES string of the molecule is FC(F)(F)c1cnc(Cc2cccc(Cc3ncc(C(F)(F)F)cc3Cl)c2)c(Cl)c1. The summed E-state index contributed by atoms with van der Waals surface area (Å²) in [4.78, 5) is 7.62. The van der Waals surface area contributed by atoms with Crippen molar-refractivity contribution in [2.45, 2.75) is 25.2 Å². The predicted molar refractivity (Wildman–Crippen MR) is 101 cm³/mol. The van der Waals surface area contributed by atoms with E-state index in [0.717, 1.165) is 24.5 Å². The van der Waals surface area contributed by atoms with Crippen LogP contribution in [0.5, 0.6) is 0 Å². The van der Waals surface area contributed by atoms with Gasteiger partial charge in [0.05, 0.1) is 32.6 Å². The number of alkyl halides is 6. The zero-order chi connectivity index (χ0) is 22.1. The van der Waals surface area contributed by atoms with E-state index in [0.29, 0.717) is 11.1 Å². The number of halogens is 8. The van der Waals surface area contributed by atoms with Gasteiger partial charge in [-0.2, -0.15) is 26.3 Å². The molecular weight excluding hydrogens is 453 g/mol. The van der Waals surface area contributed by atoms with Crippen LogP contribution in [0.15, 0.2) is 48.8 Å². The monoisotopic (exact) mass is 464 g/mol. The highest BCUT2D eigenvalue weighted by atomic mass is 35.5. The first-order valence-electron chi connectivity index (χ1n) is 8.44. The van der Waals surface area contributed by atoms with Crippen molar-refractivity contribution >= 4 is 23.2 Å². The van der Waals surface area contributed by atoms with Crippen LogP contribution in [0.1, 0.15) is 33.6 Å². The fraction of sp³-hybridized carbons (Fsp3) is 0.200. The lowest BCUT2D eigenvalue weighted by Crippen LogP contribution is -2.07. The van der Waals surface area contributed by atoms with Crippen molar-refractivity contribution in [3.8, 4) is 0 Å². The summed E-state index contributed by atoms with van der Waals surface area (Å²) >= 11 is 11.9. The molecule has 2 aromatic heterocycles. The van der Waals surface area contributed by atoms with Crippen molar-refractivity contribution in [1.82, 2.24) is 9.97 Å². The second kappa shape index (κ2) is 8.43. The molecule has 0 aliphatic heterocycles. The Morgan fingerprint density at radius 3 is 1.40 bits per heavy atom. The summed E-state index contributed by atoms with van der Waals surface area (Å²) < 4.78 is 76.4. The van der Waals surface area contributed by atoms with E-state index in [1.54, 1.807) is 24.3 Å². The van der Waals surface area contributed by atoms with Crippen LogP contribution >= 0.6 is 23.2 Å². The van der Waals surface area contributed by atoms with Gasteiger partial charge in [-0.3, -0.25) is 9.97 Å². The quantitative estimate of drug-likeness (QED) is 0.388. The van der Waals surface area contributed by atoms with Gasteiger partial charge in [-0.1, -0.05) is 47.5 Å². The molecule has 0 unspecified atom stereocenters. The summed E-state index contributed by atoms with van der Waals surface area (Å²) in [5, 5.41) is -0.217. The Balaban J connectivity index is 1.79. The van der Waals surface area contributed by atoms with Gasteiger partial charge in [-0.05, 0) is 23.3 Å². The molecule has 3 rings (SSSR count). The van der Waals surface area contributed by atoms with E-state index < -0.39 is 23.5 Å². The van der Waals surface area contributed by atoms with Gasteiger partial charge in [-0.15, -0.1) is 0 Å². The number of rotatable bonds is 4. The number of aromatic nitrogens is 2. The molecule has 2 nitrogen and oxygen atoms in total. The molecule has 0 N–H and O–H groups in total. The molecule has 30 heavy (non-hydrogen) atoms. The van der Waals surface area contributed by atoms with Gasteiger partial charge >= 0.3 is 12.4 Å². The van der Waals surface area contributed by atoms with Crippen molar-refractivity contribution < 1.29 is 26.3 Å². The molecule has 2 heterocycles. The lowest BCUT2D eigenvalue weighted by molar-refractivity contribution is -0.138. The first-order valence-corrected chi connectivity index (χ1v) is 9.20. The molecule has 0 amide bonds. The van der Waals surface area contributed by atoms with Crippen LogP contribution in [-0.2, 0) is 25.2 Å². The molecule has 10 heteroatoms. The van der Waals surface area contributed by atoms with Crippen molar-refractivity contribution in [3.05, 3.63) is 92.5 Å². The third kappa shape index (κ3) is 5.43. The highest BCUT2D eigenvalue weighted by Gasteiger charge is 2.32. The largest absolute Gasteiger partial charge is 0.417 e. The first kappa shape index (κ1) is 22.4. The average Bonchev–Trinajstić information content (AvgIpc) is 2.64. The molecule has 0 saturated carbocycles. The van der Waals surface area contributed by atoms with E-state index in [4.69, 9.17) is 23.2 Å². The number of nitrogens with zero attached hydrogens (tertiary/aromatic N) is 2. The predicted octanol–water partition coefficient (Wildman–Crippen LogP) is 7.00. The Labute approximate surface area is 177 Å². The molecule has 3 aromatic rings. The van der Waals surface area contributed by atoms with E-state index >= 15 is 0 Å². The molecule has 0 saturated heterocycles. The molecule has 0 fully saturated rings. The molecule has 0 spiro atoms.